The Hall–Kier alpha value is -1.89. The van der Waals surface area contributed by atoms with Gasteiger partial charge in [0.05, 0.1) is 11.6 Å². The van der Waals surface area contributed by atoms with E-state index in [9.17, 15) is 19.5 Å². The third kappa shape index (κ3) is 7.95. The van der Waals surface area contributed by atoms with Gasteiger partial charge < -0.3 is 20.6 Å². The summed E-state index contributed by atoms with van der Waals surface area (Å²) in [6.07, 6.45) is 4.51. The summed E-state index contributed by atoms with van der Waals surface area (Å²) in [5.74, 6) is -1.40. The summed E-state index contributed by atoms with van der Waals surface area (Å²) in [7, 11) is 1.68. The molecule has 0 bridgehead atoms. The monoisotopic (exact) mass is 439 g/mol. The summed E-state index contributed by atoms with van der Waals surface area (Å²) >= 11 is 0. The lowest BCUT2D eigenvalue weighted by atomic mass is 9.89. The SMILES string of the molecule is CCCNC(CC)(CC)C(=O)N[C@H](C(=O)N(C)[C@H](C=C(C)C(=O)O)C(C)C)[C@@H](C)CC. The van der Waals surface area contributed by atoms with E-state index in [1.807, 2.05) is 41.5 Å². The molecule has 0 unspecified atom stereocenters. The van der Waals surface area contributed by atoms with Crippen molar-refractivity contribution in [2.24, 2.45) is 11.8 Å². The first-order valence-electron chi connectivity index (χ1n) is 11.7. The van der Waals surface area contributed by atoms with Crippen LogP contribution < -0.4 is 10.6 Å². The minimum Gasteiger partial charge on any atom is -0.478 e. The number of carbonyl (C=O) groups excluding carboxylic acids is 2. The highest BCUT2D eigenvalue weighted by Gasteiger charge is 2.39. The molecule has 31 heavy (non-hydrogen) atoms. The smallest absolute Gasteiger partial charge is 0.331 e. The molecule has 0 saturated carbocycles. The van der Waals surface area contributed by atoms with E-state index < -0.39 is 17.6 Å². The van der Waals surface area contributed by atoms with E-state index in [4.69, 9.17) is 0 Å². The third-order valence-corrected chi connectivity index (χ3v) is 6.36. The molecule has 0 aromatic rings. The zero-order chi connectivity index (χ0) is 24.4. The normalized spacial score (nSPS) is 15.4. The van der Waals surface area contributed by atoms with Gasteiger partial charge in [0.1, 0.15) is 6.04 Å². The summed E-state index contributed by atoms with van der Waals surface area (Å²) in [6.45, 7) is 16.1. The van der Waals surface area contributed by atoms with Gasteiger partial charge in [0, 0.05) is 12.6 Å². The number of amides is 2. The first-order chi connectivity index (χ1) is 14.4. The number of likely N-dealkylation sites (N-methyl/N-ethyl adjacent to an activating group) is 1. The first-order valence-corrected chi connectivity index (χ1v) is 11.7. The Morgan fingerprint density at radius 2 is 1.61 bits per heavy atom. The number of aliphatic carboxylic acids is 1. The minimum atomic E-state index is -1.00. The van der Waals surface area contributed by atoms with Crippen LogP contribution in [-0.2, 0) is 14.4 Å². The van der Waals surface area contributed by atoms with Gasteiger partial charge in [-0.05, 0) is 44.6 Å². The van der Waals surface area contributed by atoms with Crippen molar-refractivity contribution in [2.75, 3.05) is 13.6 Å². The van der Waals surface area contributed by atoms with Crippen molar-refractivity contribution >= 4 is 17.8 Å². The van der Waals surface area contributed by atoms with Gasteiger partial charge in [0.25, 0.3) is 0 Å². The molecule has 180 valence electrons. The van der Waals surface area contributed by atoms with Crippen LogP contribution in [0.25, 0.3) is 0 Å². The maximum Gasteiger partial charge on any atom is 0.331 e. The minimum absolute atomic E-state index is 0.0214. The molecule has 0 aliphatic heterocycles. The molecule has 0 saturated heterocycles. The number of hydrogen-bond donors (Lipinski definition) is 3. The first kappa shape index (κ1) is 29.1. The predicted molar refractivity (Wildman–Crippen MR) is 126 cm³/mol. The summed E-state index contributed by atoms with van der Waals surface area (Å²) in [6, 6.07) is -1.06. The molecule has 0 aliphatic carbocycles. The molecule has 2 amide bonds. The Morgan fingerprint density at radius 3 is 2.00 bits per heavy atom. The number of nitrogens with one attached hydrogen (secondary N) is 2. The zero-order valence-electron chi connectivity index (χ0n) is 21.0. The van der Waals surface area contributed by atoms with Crippen LogP contribution in [0, 0.1) is 11.8 Å². The largest absolute Gasteiger partial charge is 0.478 e. The molecular formula is C24H45N3O4. The lowest BCUT2D eigenvalue weighted by molar-refractivity contribution is -0.140. The topological polar surface area (TPSA) is 98.7 Å². The highest BCUT2D eigenvalue weighted by molar-refractivity contribution is 5.92. The van der Waals surface area contributed by atoms with Crippen LogP contribution >= 0.6 is 0 Å². The standard InChI is InChI=1S/C24H45N3O4/c1-10-14-25-24(12-3,13-4)23(31)26-20(17(7)11-2)21(28)27(9)19(16(5)6)15-18(8)22(29)30/h15-17,19-20,25H,10-14H2,1-9H3,(H,26,31)(H,29,30)/t17-,19+,20-/m0/s1. The van der Waals surface area contributed by atoms with E-state index >= 15 is 0 Å². The van der Waals surface area contributed by atoms with Crippen molar-refractivity contribution in [3.05, 3.63) is 11.6 Å². The van der Waals surface area contributed by atoms with Crippen molar-refractivity contribution in [1.82, 2.24) is 15.5 Å². The number of nitrogens with zero attached hydrogens (tertiary/aromatic N) is 1. The molecule has 0 aliphatic rings. The van der Waals surface area contributed by atoms with E-state index in [-0.39, 0.29) is 35.3 Å². The van der Waals surface area contributed by atoms with E-state index in [0.29, 0.717) is 12.8 Å². The molecule has 0 fully saturated rings. The molecule has 0 spiro atoms. The van der Waals surface area contributed by atoms with Gasteiger partial charge in [-0.1, -0.05) is 61.0 Å². The van der Waals surface area contributed by atoms with Gasteiger partial charge in [0.2, 0.25) is 11.8 Å². The molecule has 0 aromatic carbocycles. The van der Waals surface area contributed by atoms with Crippen LogP contribution in [0.4, 0.5) is 0 Å². The van der Waals surface area contributed by atoms with E-state index in [1.165, 1.54) is 6.92 Å². The van der Waals surface area contributed by atoms with Crippen molar-refractivity contribution in [1.29, 1.82) is 0 Å². The number of hydrogen-bond acceptors (Lipinski definition) is 4. The summed E-state index contributed by atoms with van der Waals surface area (Å²) in [5, 5.41) is 15.7. The number of carboxylic acid groups (broad SMARTS) is 1. The average Bonchev–Trinajstić information content (AvgIpc) is 2.74. The van der Waals surface area contributed by atoms with E-state index in [1.54, 1.807) is 18.0 Å². The summed E-state index contributed by atoms with van der Waals surface area (Å²) in [5.41, 5.74) is -0.514. The zero-order valence-corrected chi connectivity index (χ0v) is 21.0. The lowest BCUT2D eigenvalue weighted by Crippen LogP contribution is -2.62. The van der Waals surface area contributed by atoms with Gasteiger partial charge >= 0.3 is 5.97 Å². The van der Waals surface area contributed by atoms with Gasteiger partial charge in [-0.25, -0.2) is 4.79 Å². The fourth-order valence-corrected chi connectivity index (χ4v) is 3.67. The van der Waals surface area contributed by atoms with Gasteiger partial charge in [-0.3, -0.25) is 9.59 Å². The van der Waals surface area contributed by atoms with Crippen LogP contribution in [0.1, 0.15) is 81.1 Å². The van der Waals surface area contributed by atoms with Gasteiger partial charge in [0.15, 0.2) is 0 Å². The fourth-order valence-electron chi connectivity index (χ4n) is 3.67. The van der Waals surface area contributed by atoms with E-state index in [2.05, 4.69) is 17.6 Å². The van der Waals surface area contributed by atoms with Crippen LogP contribution in [0.2, 0.25) is 0 Å². The van der Waals surface area contributed by atoms with Crippen LogP contribution in [-0.4, -0.2) is 59.0 Å². The average molecular weight is 440 g/mol. The van der Waals surface area contributed by atoms with Crippen molar-refractivity contribution < 1.29 is 19.5 Å². The second-order valence-corrected chi connectivity index (χ2v) is 8.89. The Bertz CT molecular complexity index is 626. The second-order valence-electron chi connectivity index (χ2n) is 8.89. The maximum absolute atomic E-state index is 13.5. The lowest BCUT2D eigenvalue weighted by Gasteiger charge is -2.37. The molecule has 3 atom stereocenters. The fraction of sp³-hybridized carbons (Fsp3) is 0.792. The Kier molecular flexibility index (Phi) is 12.7. The van der Waals surface area contributed by atoms with Gasteiger partial charge in [-0.2, -0.15) is 0 Å². The Labute approximate surface area is 189 Å². The summed E-state index contributed by atoms with van der Waals surface area (Å²) in [4.78, 5) is 39.7. The molecule has 0 radical (unpaired) electrons. The highest BCUT2D eigenvalue weighted by atomic mass is 16.4. The number of rotatable bonds is 14. The van der Waals surface area contributed by atoms with Crippen LogP contribution in [0.5, 0.6) is 0 Å². The quantitative estimate of drug-likeness (QED) is 0.359. The second kappa shape index (κ2) is 13.5. The molecule has 0 heterocycles. The number of carbonyl (C=O) groups is 3. The summed E-state index contributed by atoms with van der Waals surface area (Å²) < 4.78 is 0. The van der Waals surface area contributed by atoms with E-state index in [0.717, 1.165) is 19.4 Å². The predicted octanol–water partition coefficient (Wildman–Crippen LogP) is 3.59. The molecule has 7 nitrogen and oxygen atoms in total. The highest BCUT2D eigenvalue weighted by Crippen LogP contribution is 2.21. The maximum atomic E-state index is 13.5. The van der Waals surface area contributed by atoms with Crippen LogP contribution in [0.3, 0.4) is 0 Å². The molecule has 7 heteroatoms. The molecule has 3 N–H and O–H groups in total. The van der Waals surface area contributed by atoms with Gasteiger partial charge in [-0.15, -0.1) is 0 Å². The third-order valence-electron chi connectivity index (χ3n) is 6.36. The van der Waals surface area contributed by atoms with Crippen molar-refractivity contribution in [2.45, 2.75) is 98.7 Å². The molecular weight excluding hydrogens is 394 g/mol. The molecule has 0 aromatic heterocycles. The van der Waals surface area contributed by atoms with Crippen LogP contribution in [0.15, 0.2) is 11.6 Å². The molecule has 0 rings (SSSR count). The Balaban J connectivity index is 5.92. The number of carboxylic acids is 1. The Morgan fingerprint density at radius 1 is 1.06 bits per heavy atom. The van der Waals surface area contributed by atoms with Crippen molar-refractivity contribution in [3.8, 4) is 0 Å². The van der Waals surface area contributed by atoms with Crippen molar-refractivity contribution in [3.63, 3.8) is 0 Å².